The van der Waals surface area contributed by atoms with Gasteiger partial charge in [0.1, 0.15) is 16.9 Å². The van der Waals surface area contributed by atoms with Gasteiger partial charge in [0, 0.05) is 17.2 Å². The Bertz CT molecular complexity index is 1400. The molecular formula is C24H18N3O+. The Labute approximate surface area is 162 Å². The molecule has 0 saturated carbocycles. The van der Waals surface area contributed by atoms with E-state index in [2.05, 4.69) is 39.5 Å². The summed E-state index contributed by atoms with van der Waals surface area (Å²) >= 11 is 0. The van der Waals surface area contributed by atoms with Crippen LogP contribution in [0, 0.1) is 13.5 Å². The van der Waals surface area contributed by atoms with E-state index in [0.717, 1.165) is 46.5 Å². The summed E-state index contributed by atoms with van der Waals surface area (Å²) in [5.41, 5.74) is 8.17. The van der Waals surface area contributed by atoms with Crippen LogP contribution in [-0.4, -0.2) is 4.98 Å². The Hall–Kier alpha value is -3.45. The predicted octanol–water partition coefficient (Wildman–Crippen LogP) is 4.81. The van der Waals surface area contributed by atoms with Gasteiger partial charge in [-0.05, 0) is 52.7 Å². The van der Waals surface area contributed by atoms with E-state index in [1.165, 1.54) is 33.0 Å². The Kier molecular flexibility index (Phi) is 2.95. The second kappa shape index (κ2) is 5.30. The Balaban J connectivity index is 1.80. The van der Waals surface area contributed by atoms with Gasteiger partial charge < -0.3 is 9.58 Å². The minimum Gasteiger partial charge on any atom is -0.455 e. The Morgan fingerprint density at radius 1 is 1.21 bits per heavy atom. The number of rotatable bonds is 1. The van der Waals surface area contributed by atoms with Gasteiger partial charge in [0.25, 0.3) is 6.33 Å². The molecule has 1 aromatic heterocycles. The molecule has 0 unspecified atom stereocenters. The SMILES string of the molecule is [C-]#[N+]Cc1cc2c3c([n+](C)cnc3c1)-c1c(c3c4c(cccc4c1C)CC3)O2. The molecule has 4 aromatic rings. The predicted molar refractivity (Wildman–Crippen MR) is 108 cm³/mol. The summed E-state index contributed by atoms with van der Waals surface area (Å²) in [5, 5.41) is 3.73. The lowest BCUT2D eigenvalue weighted by Gasteiger charge is -2.24. The van der Waals surface area contributed by atoms with Gasteiger partial charge in [-0.25, -0.2) is 11.1 Å². The van der Waals surface area contributed by atoms with Crippen molar-refractivity contribution in [3.05, 3.63) is 70.3 Å². The third-order valence-electron chi connectivity index (χ3n) is 6.19. The Morgan fingerprint density at radius 3 is 2.96 bits per heavy atom. The highest BCUT2D eigenvalue weighted by molar-refractivity contribution is 6.07. The van der Waals surface area contributed by atoms with Crippen molar-refractivity contribution >= 4 is 21.7 Å². The Morgan fingerprint density at radius 2 is 2.11 bits per heavy atom. The van der Waals surface area contributed by atoms with Gasteiger partial charge >= 0.3 is 0 Å². The number of nitrogens with zero attached hydrogens (tertiary/aromatic N) is 3. The van der Waals surface area contributed by atoms with Crippen LogP contribution < -0.4 is 9.30 Å². The average molecular weight is 364 g/mol. The van der Waals surface area contributed by atoms with Gasteiger partial charge in [0.2, 0.25) is 6.54 Å². The van der Waals surface area contributed by atoms with Gasteiger partial charge in [-0.2, -0.15) is 0 Å². The van der Waals surface area contributed by atoms with E-state index >= 15 is 0 Å². The number of aromatic nitrogens is 2. The third-order valence-corrected chi connectivity index (χ3v) is 6.19. The molecule has 0 atom stereocenters. The van der Waals surface area contributed by atoms with Crippen LogP contribution in [0.1, 0.15) is 22.3 Å². The summed E-state index contributed by atoms with van der Waals surface area (Å²) in [6.45, 7) is 9.77. The van der Waals surface area contributed by atoms with E-state index in [9.17, 15) is 0 Å². The molecule has 6 rings (SSSR count). The molecule has 28 heavy (non-hydrogen) atoms. The quantitative estimate of drug-likeness (QED) is 0.316. The van der Waals surface area contributed by atoms with Crippen molar-refractivity contribution in [1.82, 2.24) is 4.98 Å². The number of ether oxygens (including phenoxy) is 1. The van der Waals surface area contributed by atoms with E-state index in [1.807, 2.05) is 25.5 Å². The highest BCUT2D eigenvalue weighted by Gasteiger charge is 2.34. The van der Waals surface area contributed by atoms with Crippen LogP contribution in [0.25, 0.3) is 37.8 Å². The molecular weight excluding hydrogens is 346 g/mol. The first-order valence-electron chi connectivity index (χ1n) is 9.57. The van der Waals surface area contributed by atoms with E-state index in [-0.39, 0.29) is 0 Å². The van der Waals surface area contributed by atoms with Crippen molar-refractivity contribution in [3.8, 4) is 22.8 Å². The molecule has 134 valence electrons. The fourth-order valence-corrected chi connectivity index (χ4v) is 5.00. The first-order chi connectivity index (χ1) is 13.7. The van der Waals surface area contributed by atoms with Crippen LogP contribution in [0.4, 0.5) is 0 Å². The smallest absolute Gasteiger partial charge is 0.287 e. The van der Waals surface area contributed by atoms with Crippen LogP contribution in [0.5, 0.6) is 11.5 Å². The minimum absolute atomic E-state index is 0.338. The summed E-state index contributed by atoms with van der Waals surface area (Å²) in [6.07, 6.45) is 3.94. The molecule has 1 aliphatic carbocycles. The lowest BCUT2D eigenvalue weighted by atomic mass is 9.89. The van der Waals surface area contributed by atoms with Gasteiger partial charge in [-0.15, -0.1) is 0 Å². The number of fused-ring (bicyclic) bond motifs is 3. The highest BCUT2D eigenvalue weighted by atomic mass is 16.5. The number of hydrogen-bond donors (Lipinski definition) is 0. The van der Waals surface area contributed by atoms with Crippen molar-refractivity contribution < 1.29 is 9.30 Å². The molecule has 4 heteroatoms. The van der Waals surface area contributed by atoms with Crippen molar-refractivity contribution in [3.63, 3.8) is 0 Å². The largest absolute Gasteiger partial charge is 0.455 e. The molecule has 0 amide bonds. The number of hydrogen-bond acceptors (Lipinski definition) is 2. The summed E-state index contributed by atoms with van der Waals surface area (Å²) < 4.78 is 8.68. The second-order valence-electron chi connectivity index (χ2n) is 7.76. The molecule has 0 fully saturated rings. The van der Waals surface area contributed by atoms with Crippen LogP contribution >= 0.6 is 0 Å². The molecule has 3 aromatic carbocycles. The maximum absolute atomic E-state index is 7.23. The molecule has 0 bridgehead atoms. The lowest BCUT2D eigenvalue weighted by molar-refractivity contribution is -0.662. The summed E-state index contributed by atoms with van der Waals surface area (Å²) in [7, 11) is 2.05. The average Bonchev–Trinajstić information content (AvgIpc) is 3.13. The first kappa shape index (κ1) is 15.6. The topological polar surface area (TPSA) is 30.4 Å². The van der Waals surface area contributed by atoms with Crippen molar-refractivity contribution in [2.45, 2.75) is 26.3 Å². The van der Waals surface area contributed by atoms with Crippen LogP contribution in [0.3, 0.4) is 0 Å². The standard InChI is InChI=1S/C24H18N3O/c1-13-16-6-4-5-15-7-8-17(21(15)16)24-20(13)23-22-18(26-12-27(23)3)9-14(11-25-2)10-19(22)28-24/h4-6,9-10,12H,7-8,11H2,1,3H3/q+1. The first-order valence-corrected chi connectivity index (χ1v) is 9.57. The molecule has 4 nitrogen and oxygen atoms in total. The molecule has 2 heterocycles. The van der Waals surface area contributed by atoms with Gasteiger partial charge in [0.05, 0.1) is 12.6 Å². The molecule has 2 aliphatic rings. The monoisotopic (exact) mass is 364 g/mol. The molecule has 1 aliphatic heterocycles. The third kappa shape index (κ3) is 1.83. The number of benzene rings is 3. The van der Waals surface area contributed by atoms with Gasteiger partial charge in [-0.1, -0.05) is 18.2 Å². The van der Waals surface area contributed by atoms with Gasteiger partial charge in [0.15, 0.2) is 11.2 Å². The van der Waals surface area contributed by atoms with E-state index in [1.54, 1.807) is 0 Å². The maximum atomic E-state index is 7.23. The van der Waals surface area contributed by atoms with E-state index in [4.69, 9.17) is 11.3 Å². The van der Waals surface area contributed by atoms with Gasteiger partial charge in [-0.3, -0.25) is 0 Å². The second-order valence-corrected chi connectivity index (χ2v) is 7.76. The maximum Gasteiger partial charge on any atom is 0.287 e. The molecule has 0 saturated heterocycles. The zero-order chi connectivity index (χ0) is 19.0. The lowest BCUT2D eigenvalue weighted by Crippen LogP contribution is -2.33. The zero-order valence-electron chi connectivity index (χ0n) is 15.8. The fourth-order valence-electron chi connectivity index (χ4n) is 5.00. The van der Waals surface area contributed by atoms with Crippen molar-refractivity contribution in [2.75, 3.05) is 0 Å². The highest BCUT2D eigenvalue weighted by Crippen LogP contribution is 2.52. The zero-order valence-corrected chi connectivity index (χ0v) is 15.8. The van der Waals surface area contributed by atoms with Crippen LogP contribution in [0.2, 0.25) is 0 Å². The molecule has 0 spiro atoms. The van der Waals surface area contributed by atoms with Crippen LogP contribution in [-0.2, 0) is 26.4 Å². The van der Waals surface area contributed by atoms with E-state index in [0.29, 0.717) is 6.54 Å². The summed E-state index contributed by atoms with van der Waals surface area (Å²) in [5.74, 6) is 1.81. The normalized spacial score (nSPS) is 13.5. The van der Waals surface area contributed by atoms with E-state index < -0.39 is 0 Å². The molecule has 0 N–H and O–H groups in total. The summed E-state index contributed by atoms with van der Waals surface area (Å²) in [6, 6.07) is 10.7. The summed E-state index contributed by atoms with van der Waals surface area (Å²) in [4.78, 5) is 8.17. The van der Waals surface area contributed by atoms with Crippen molar-refractivity contribution in [2.24, 2.45) is 7.05 Å². The van der Waals surface area contributed by atoms with Crippen LogP contribution in [0.15, 0.2) is 36.7 Å². The number of aryl methyl sites for hydroxylation is 4. The minimum atomic E-state index is 0.338. The molecule has 0 radical (unpaired) electrons. The fraction of sp³-hybridized carbons (Fsp3) is 0.208. The van der Waals surface area contributed by atoms with Crippen molar-refractivity contribution in [1.29, 1.82) is 0 Å².